The lowest BCUT2D eigenvalue weighted by atomic mass is 10.1. The first-order valence-electron chi connectivity index (χ1n) is 4.73. The van der Waals surface area contributed by atoms with Gasteiger partial charge in [0.1, 0.15) is 0 Å². The van der Waals surface area contributed by atoms with Crippen molar-refractivity contribution in [2.24, 2.45) is 0 Å². The van der Waals surface area contributed by atoms with Crippen molar-refractivity contribution < 1.29 is 9.90 Å². The Balaban J connectivity index is 2.66. The monoisotopic (exact) mass is 271 g/mol. The van der Waals surface area contributed by atoms with Gasteiger partial charge in [-0.3, -0.25) is 0 Å². The molecule has 0 aliphatic heterocycles. The Kier molecular flexibility index (Phi) is 4.15. The van der Waals surface area contributed by atoms with Crippen LogP contribution >= 0.6 is 15.9 Å². The second kappa shape index (κ2) is 5.16. The third-order valence-corrected chi connectivity index (χ3v) is 3.44. The molecule has 0 fully saturated rings. The normalized spacial score (nSPS) is 10.1. The molecule has 0 saturated carbocycles. The number of halogens is 1. The number of amides is 1. The lowest BCUT2D eigenvalue weighted by Crippen LogP contribution is -2.23. The minimum atomic E-state index is -0.972. The molecule has 2 N–H and O–H groups in total. The second-order valence-corrected chi connectivity index (χ2v) is 4.32. The molecule has 0 radical (unpaired) electrons. The number of carbonyl (C=O) groups is 1. The van der Waals surface area contributed by atoms with E-state index < -0.39 is 6.09 Å². The maximum absolute atomic E-state index is 10.3. The molecule has 1 rings (SSSR count). The van der Waals surface area contributed by atoms with Crippen LogP contribution in [0.15, 0.2) is 16.6 Å². The Labute approximate surface area is 97.6 Å². The summed E-state index contributed by atoms with van der Waals surface area (Å²) in [4.78, 5) is 10.3. The van der Waals surface area contributed by atoms with Crippen LogP contribution in [0.5, 0.6) is 0 Å². The van der Waals surface area contributed by atoms with Crippen LogP contribution in [-0.2, 0) is 6.42 Å². The highest BCUT2D eigenvalue weighted by atomic mass is 79.9. The summed E-state index contributed by atoms with van der Waals surface area (Å²) >= 11 is 3.49. The molecule has 0 aromatic heterocycles. The van der Waals surface area contributed by atoms with E-state index >= 15 is 0 Å². The summed E-state index contributed by atoms with van der Waals surface area (Å²) in [5.41, 5.74) is 3.52. The van der Waals surface area contributed by atoms with Gasteiger partial charge >= 0.3 is 6.09 Å². The van der Waals surface area contributed by atoms with Crippen LogP contribution in [0.1, 0.15) is 16.7 Å². The predicted molar refractivity (Wildman–Crippen MR) is 63.3 cm³/mol. The van der Waals surface area contributed by atoms with Crippen molar-refractivity contribution in [1.29, 1.82) is 0 Å². The maximum Gasteiger partial charge on any atom is 0.404 e. The number of hydrogen-bond donors (Lipinski definition) is 2. The molecule has 0 bridgehead atoms. The molecule has 0 spiro atoms. The molecule has 82 valence electrons. The molecule has 0 atom stereocenters. The molecule has 0 aliphatic rings. The first kappa shape index (κ1) is 12.0. The molecule has 0 aliphatic carbocycles. The summed E-state index contributed by atoms with van der Waals surface area (Å²) in [6.07, 6.45) is -0.248. The van der Waals surface area contributed by atoms with Gasteiger partial charge in [0.15, 0.2) is 0 Å². The first-order chi connectivity index (χ1) is 7.00. The van der Waals surface area contributed by atoms with Gasteiger partial charge in [0, 0.05) is 11.0 Å². The minimum absolute atomic E-state index is 0.454. The molecular formula is C11H14BrNO2. The van der Waals surface area contributed by atoms with Gasteiger partial charge in [-0.25, -0.2) is 4.79 Å². The number of nitrogens with one attached hydrogen (secondary N) is 1. The average molecular weight is 272 g/mol. The highest BCUT2D eigenvalue weighted by Gasteiger charge is 2.02. The zero-order chi connectivity index (χ0) is 11.4. The molecule has 0 unspecified atom stereocenters. The third-order valence-electron chi connectivity index (χ3n) is 2.19. The highest BCUT2D eigenvalue weighted by molar-refractivity contribution is 9.10. The van der Waals surface area contributed by atoms with Crippen molar-refractivity contribution in [3.63, 3.8) is 0 Å². The molecule has 15 heavy (non-hydrogen) atoms. The Morgan fingerprint density at radius 3 is 2.40 bits per heavy atom. The van der Waals surface area contributed by atoms with Crippen molar-refractivity contribution in [3.8, 4) is 0 Å². The van der Waals surface area contributed by atoms with Crippen molar-refractivity contribution in [2.75, 3.05) is 6.54 Å². The summed E-state index contributed by atoms with van der Waals surface area (Å²) in [5, 5.41) is 10.8. The fraction of sp³-hybridized carbons (Fsp3) is 0.364. The van der Waals surface area contributed by atoms with Gasteiger partial charge < -0.3 is 10.4 Å². The second-order valence-electron chi connectivity index (χ2n) is 3.53. The van der Waals surface area contributed by atoms with Crippen LogP contribution < -0.4 is 5.32 Å². The van der Waals surface area contributed by atoms with Gasteiger partial charge in [-0.1, -0.05) is 28.1 Å². The predicted octanol–water partition coefficient (Wildman–Crippen LogP) is 2.88. The van der Waals surface area contributed by atoms with Crippen molar-refractivity contribution in [2.45, 2.75) is 20.3 Å². The van der Waals surface area contributed by atoms with Crippen molar-refractivity contribution in [1.82, 2.24) is 5.32 Å². The van der Waals surface area contributed by atoms with Gasteiger partial charge in [-0.2, -0.15) is 0 Å². The average Bonchev–Trinajstić information content (AvgIpc) is 2.13. The largest absolute Gasteiger partial charge is 0.465 e. The number of benzene rings is 1. The number of carboxylic acid groups (broad SMARTS) is 1. The molecule has 1 aromatic carbocycles. The summed E-state index contributed by atoms with van der Waals surface area (Å²) in [7, 11) is 0. The molecule has 1 aromatic rings. The SMILES string of the molecule is Cc1cc(CCNC(=O)O)cc(C)c1Br. The Morgan fingerprint density at radius 1 is 1.40 bits per heavy atom. The smallest absolute Gasteiger partial charge is 0.404 e. The van der Waals surface area contributed by atoms with Gasteiger partial charge in [0.2, 0.25) is 0 Å². The van der Waals surface area contributed by atoms with E-state index in [1.165, 1.54) is 11.1 Å². The molecule has 0 saturated heterocycles. The molecule has 1 amide bonds. The Hall–Kier alpha value is -1.03. The van der Waals surface area contributed by atoms with Crippen LogP contribution in [-0.4, -0.2) is 17.7 Å². The van der Waals surface area contributed by atoms with Crippen LogP contribution in [0.2, 0.25) is 0 Å². The topological polar surface area (TPSA) is 49.3 Å². The van der Waals surface area contributed by atoms with Crippen LogP contribution in [0.3, 0.4) is 0 Å². The van der Waals surface area contributed by atoms with E-state index in [0.29, 0.717) is 6.54 Å². The van der Waals surface area contributed by atoms with Gasteiger partial charge in [-0.05, 0) is 37.0 Å². The lowest BCUT2D eigenvalue weighted by molar-refractivity contribution is 0.194. The third kappa shape index (κ3) is 3.55. The Morgan fingerprint density at radius 2 is 1.93 bits per heavy atom. The van der Waals surface area contributed by atoms with Crippen molar-refractivity contribution in [3.05, 3.63) is 33.3 Å². The Bertz CT molecular complexity index is 354. The van der Waals surface area contributed by atoms with E-state index in [1.54, 1.807) is 0 Å². The summed E-state index contributed by atoms with van der Waals surface area (Å²) < 4.78 is 1.12. The molecule has 0 heterocycles. The van der Waals surface area contributed by atoms with Gasteiger partial charge in [0.25, 0.3) is 0 Å². The van der Waals surface area contributed by atoms with Crippen molar-refractivity contribution >= 4 is 22.0 Å². The highest BCUT2D eigenvalue weighted by Crippen LogP contribution is 2.22. The maximum atomic E-state index is 10.3. The molecular weight excluding hydrogens is 258 g/mol. The van der Waals surface area contributed by atoms with E-state index in [2.05, 4.69) is 33.4 Å². The number of aryl methyl sites for hydroxylation is 2. The zero-order valence-corrected chi connectivity index (χ0v) is 10.4. The summed E-state index contributed by atoms with van der Waals surface area (Å²) in [5.74, 6) is 0. The van der Waals surface area contributed by atoms with E-state index in [4.69, 9.17) is 5.11 Å². The van der Waals surface area contributed by atoms with E-state index in [9.17, 15) is 4.79 Å². The van der Waals surface area contributed by atoms with Gasteiger partial charge in [-0.15, -0.1) is 0 Å². The fourth-order valence-electron chi connectivity index (χ4n) is 1.49. The first-order valence-corrected chi connectivity index (χ1v) is 5.52. The quantitative estimate of drug-likeness (QED) is 0.888. The van der Waals surface area contributed by atoms with E-state index in [-0.39, 0.29) is 0 Å². The molecule has 4 heteroatoms. The van der Waals surface area contributed by atoms with Crippen LogP contribution in [0.4, 0.5) is 4.79 Å². The molecule has 3 nitrogen and oxygen atoms in total. The van der Waals surface area contributed by atoms with E-state index in [0.717, 1.165) is 16.5 Å². The lowest BCUT2D eigenvalue weighted by Gasteiger charge is -2.07. The number of hydrogen-bond acceptors (Lipinski definition) is 1. The van der Waals surface area contributed by atoms with Crippen LogP contribution in [0.25, 0.3) is 0 Å². The number of rotatable bonds is 3. The summed E-state index contributed by atoms with van der Waals surface area (Å²) in [6.45, 7) is 4.52. The summed E-state index contributed by atoms with van der Waals surface area (Å²) in [6, 6.07) is 4.14. The minimum Gasteiger partial charge on any atom is -0.465 e. The van der Waals surface area contributed by atoms with E-state index in [1.807, 2.05) is 13.8 Å². The fourth-order valence-corrected chi connectivity index (χ4v) is 1.72. The van der Waals surface area contributed by atoms with Gasteiger partial charge in [0.05, 0.1) is 0 Å². The van der Waals surface area contributed by atoms with Crippen LogP contribution in [0, 0.1) is 13.8 Å². The standard InChI is InChI=1S/C11H14BrNO2/c1-7-5-9(3-4-13-11(14)15)6-8(2)10(7)12/h5-6,13H,3-4H2,1-2H3,(H,14,15). The zero-order valence-electron chi connectivity index (χ0n) is 8.80.